The van der Waals surface area contributed by atoms with Crippen LogP contribution in [0.3, 0.4) is 0 Å². The van der Waals surface area contributed by atoms with E-state index in [0.29, 0.717) is 0 Å². The van der Waals surface area contributed by atoms with Gasteiger partial charge in [-0.3, -0.25) is 0 Å². The zero-order valence-corrected chi connectivity index (χ0v) is 13.6. The van der Waals surface area contributed by atoms with E-state index in [1.165, 1.54) is 88.2 Å². The van der Waals surface area contributed by atoms with Crippen molar-refractivity contribution in [3.8, 4) is 0 Å². The summed E-state index contributed by atoms with van der Waals surface area (Å²) >= 11 is 0. The number of unbranched alkanes of at least 4 members (excludes halogenated alkanes) is 9. The summed E-state index contributed by atoms with van der Waals surface area (Å²) in [6.07, 6.45) is 15.6. The van der Waals surface area contributed by atoms with Gasteiger partial charge in [0.05, 0.1) is 27.2 Å². The summed E-state index contributed by atoms with van der Waals surface area (Å²) in [5.74, 6) is 0. The molecule has 18 heavy (non-hydrogen) atoms. The van der Waals surface area contributed by atoms with Gasteiger partial charge in [0.1, 0.15) is 0 Å². The molecular formula is C17H38N+. The van der Waals surface area contributed by atoms with Crippen LogP contribution in [0.5, 0.6) is 0 Å². The summed E-state index contributed by atoms with van der Waals surface area (Å²) in [7, 11) is 4.80. The molecule has 0 saturated carbocycles. The summed E-state index contributed by atoms with van der Waals surface area (Å²) in [6.45, 7) is 7.32. The SMILES string of the molecule is CCCCCCCCCC[N+](C)(C)CCCCC. The summed E-state index contributed by atoms with van der Waals surface area (Å²) in [5, 5.41) is 0. The average molecular weight is 256 g/mol. The molecule has 0 unspecified atom stereocenters. The van der Waals surface area contributed by atoms with E-state index >= 15 is 0 Å². The van der Waals surface area contributed by atoms with E-state index < -0.39 is 0 Å². The van der Waals surface area contributed by atoms with Gasteiger partial charge in [-0.05, 0) is 25.7 Å². The third kappa shape index (κ3) is 12.4. The highest BCUT2D eigenvalue weighted by molar-refractivity contribution is 4.46. The van der Waals surface area contributed by atoms with Gasteiger partial charge in [0.15, 0.2) is 0 Å². The van der Waals surface area contributed by atoms with Crippen LogP contribution in [0.4, 0.5) is 0 Å². The monoisotopic (exact) mass is 256 g/mol. The quantitative estimate of drug-likeness (QED) is 0.306. The molecular weight excluding hydrogens is 218 g/mol. The number of rotatable bonds is 13. The number of quaternary nitrogens is 1. The Hall–Kier alpha value is -0.0400. The predicted molar refractivity (Wildman–Crippen MR) is 84.0 cm³/mol. The lowest BCUT2D eigenvalue weighted by molar-refractivity contribution is -0.890. The van der Waals surface area contributed by atoms with E-state index in [1.807, 2.05) is 0 Å². The Bertz CT molecular complexity index is 163. The van der Waals surface area contributed by atoms with E-state index in [-0.39, 0.29) is 0 Å². The minimum absolute atomic E-state index is 1.23. The van der Waals surface area contributed by atoms with Gasteiger partial charge in [0.25, 0.3) is 0 Å². The van der Waals surface area contributed by atoms with Gasteiger partial charge in [-0.25, -0.2) is 0 Å². The molecule has 0 bridgehead atoms. The number of hydrogen-bond acceptors (Lipinski definition) is 0. The highest BCUT2D eigenvalue weighted by Gasteiger charge is 2.13. The summed E-state index contributed by atoms with van der Waals surface area (Å²) in [6, 6.07) is 0. The Labute approximate surface area is 117 Å². The lowest BCUT2D eigenvalue weighted by Crippen LogP contribution is -2.41. The molecule has 0 aromatic rings. The van der Waals surface area contributed by atoms with Crippen molar-refractivity contribution in [3.05, 3.63) is 0 Å². The molecule has 1 heteroatoms. The van der Waals surface area contributed by atoms with E-state index in [0.717, 1.165) is 0 Å². The molecule has 0 heterocycles. The van der Waals surface area contributed by atoms with E-state index in [9.17, 15) is 0 Å². The van der Waals surface area contributed by atoms with Crippen LogP contribution >= 0.6 is 0 Å². The molecule has 0 aromatic heterocycles. The standard InChI is InChI=1S/C17H38N/c1-5-7-9-10-11-12-13-15-17-18(3,4)16-14-8-6-2/h5-17H2,1-4H3/q+1. The van der Waals surface area contributed by atoms with Gasteiger partial charge in [0.2, 0.25) is 0 Å². The molecule has 0 radical (unpaired) electrons. The fourth-order valence-corrected chi connectivity index (χ4v) is 2.58. The van der Waals surface area contributed by atoms with Crippen molar-refractivity contribution in [1.82, 2.24) is 0 Å². The molecule has 0 spiro atoms. The Balaban J connectivity index is 3.30. The van der Waals surface area contributed by atoms with Crippen LogP contribution in [-0.4, -0.2) is 31.7 Å². The van der Waals surface area contributed by atoms with Gasteiger partial charge >= 0.3 is 0 Å². The highest BCUT2D eigenvalue weighted by Crippen LogP contribution is 2.11. The Morgan fingerprint density at radius 2 is 0.833 bits per heavy atom. The van der Waals surface area contributed by atoms with Crippen molar-refractivity contribution >= 4 is 0 Å². The maximum Gasteiger partial charge on any atom is 0.0782 e. The molecule has 110 valence electrons. The van der Waals surface area contributed by atoms with Gasteiger partial charge in [-0.2, -0.15) is 0 Å². The summed E-state index contributed by atoms with van der Waals surface area (Å²) in [5.41, 5.74) is 0. The lowest BCUT2D eigenvalue weighted by Gasteiger charge is -2.29. The van der Waals surface area contributed by atoms with Crippen LogP contribution in [0.2, 0.25) is 0 Å². The van der Waals surface area contributed by atoms with E-state index in [1.54, 1.807) is 0 Å². The molecule has 0 atom stereocenters. The molecule has 0 aliphatic heterocycles. The van der Waals surface area contributed by atoms with Crippen molar-refractivity contribution in [1.29, 1.82) is 0 Å². The fraction of sp³-hybridized carbons (Fsp3) is 1.00. The zero-order chi connectivity index (χ0) is 13.7. The van der Waals surface area contributed by atoms with E-state index in [4.69, 9.17) is 0 Å². The van der Waals surface area contributed by atoms with Crippen LogP contribution < -0.4 is 0 Å². The Morgan fingerprint density at radius 3 is 1.33 bits per heavy atom. The van der Waals surface area contributed by atoms with Gasteiger partial charge < -0.3 is 4.48 Å². The summed E-state index contributed by atoms with van der Waals surface area (Å²) in [4.78, 5) is 0. The predicted octanol–water partition coefficient (Wildman–Crippen LogP) is 5.39. The fourth-order valence-electron chi connectivity index (χ4n) is 2.58. The molecule has 0 amide bonds. The normalized spacial score (nSPS) is 12.0. The summed E-state index contributed by atoms with van der Waals surface area (Å²) < 4.78 is 1.23. The third-order valence-electron chi connectivity index (χ3n) is 3.98. The zero-order valence-electron chi connectivity index (χ0n) is 13.6. The van der Waals surface area contributed by atoms with Crippen LogP contribution in [0, 0.1) is 0 Å². The average Bonchev–Trinajstić information content (AvgIpc) is 2.33. The van der Waals surface area contributed by atoms with Crippen molar-refractivity contribution in [2.45, 2.75) is 84.5 Å². The second-order valence-corrected chi connectivity index (χ2v) is 6.56. The Kier molecular flexibility index (Phi) is 12.0. The minimum atomic E-state index is 1.23. The topological polar surface area (TPSA) is 0 Å². The maximum absolute atomic E-state index is 2.40. The number of nitrogens with zero attached hydrogens (tertiary/aromatic N) is 1. The first-order valence-corrected chi connectivity index (χ1v) is 8.44. The molecule has 0 aliphatic carbocycles. The molecule has 0 aliphatic rings. The van der Waals surface area contributed by atoms with Crippen LogP contribution in [0.25, 0.3) is 0 Å². The molecule has 0 fully saturated rings. The molecule has 0 N–H and O–H groups in total. The van der Waals surface area contributed by atoms with E-state index in [2.05, 4.69) is 27.9 Å². The van der Waals surface area contributed by atoms with Crippen molar-refractivity contribution < 1.29 is 4.48 Å². The van der Waals surface area contributed by atoms with Gasteiger partial charge in [-0.15, -0.1) is 0 Å². The smallest absolute Gasteiger partial charge is 0.0782 e. The second kappa shape index (κ2) is 12.0. The van der Waals surface area contributed by atoms with Crippen molar-refractivity contribution in [2.75, 3.05) is 27.2 Å². The Morgan fingerprint density at radius 1 is 0.500 bits per heavy atom. The van der Waals surface area contributed by atoms with Gasteiger partial charge in [0, 0.05) is 0 Å². The first-order chi connectivity index (χ1) is 8.62. The molecule has 1 nitrogen and oxygen atoms in total. The van der Waals surface area contributed by atoms with Crippen LogP contribution in [0.15, 0.2) is 0 Å². The van der Waals surface area contributed by atoms with Crippen LogP contribution in [0.1, 0.15) is 84.5 Å². The molecule has 0 saturated heterocycles. The van der Waals surface area contributed by atoms with Crippen molar-refractivity contribution in [2.24, 2.45) is 0 Å². The second-order valence-electron chi connectivity index (χ2n) is 6.56. The largest absolute Gasteiger partial charge is 0.328 e. The first-order valence-electron chi connectivity index (χ1n) is 8.44. The highest BCUT2D eigenvalue weighted by atomic mass is 15.3. The third-order valence-corrected chi connectivity index (χ3v) is 3.98. The maximum atomic E-state index is 2.40. The van der Waals surface area contributed by atoms with Crippen LogP contribution in [-0.2, 0) is 0 Å². The number of hydrogen-bond donors (Lipinski definition) is 0. The first kappa shape index (κ1) is 18.0. The molecule has 0 aromatic carbocycles. The molecule has 0 rings (SSSR count). The van der Waals surface area contributed by atoms with Crippen molar-refractivity contribution in [3.63, 3.8) is 0 Å². The lowest BCUT2D eigenvalue weighted by atomic mass is 10.1. The van der Waals surface area contributed by atoms with Gasteiger partial charge in [-0.1, -0.05) is 58.8 Å². The minimum Gasteiger partial charge on any atom is -0.328 e.